The summed E-state index contributed by atoms with van der Waals surface area (Å²) in [6.07, 6.45) is 2.14. The smallest absolute Gasteiger partial charge is 0.257 e. The predicted octanol–water partition coefficient (Wildman–Crippen LogP) is 3.39. The van der Waals surface area contributed by atoms with Gasteiger partial charge in [0.05, 0.1) is 5.56 Å². The number of nitrogens with zero attached hydrogens (tertiary/aromatic N) is 1. The first-order chi connectivity index (χ1) is 8.49. The zero-order chi connectivity index (χ0) is 13.3. The van der Waals surface area contributed by atoms with Crippen molar-refractivity contribution in [3.63, 3.8) is 0 Å². The molecule has 0 aliphatic carbocycles. The number of rotatable bonds is 1. The van der Waals surface area contributed by atoms with E-state index < -0.39 is 5.82 Å². The minimum atomic E-state index is -0.420. The maximum atomic E-state index is 13.8. The van der Waals surface area contributed by atoms with E-state index in [9.17, 15) is 9.18 Å². The predicted molar refractivity (Wildman–Crippen MR) is 70.0 cm³/mol. The molecule has 1 amide bonds. The van der Waals surface area contributed by atoms with E-state index in [4.69, 9.17) is 0 Å². The van der Waals surface area contributed by atoms with Gasteiger partial charge in [-0.15, -0.1) is 0 Å². The molecule has 2 unspecified atom stereocenters. The Kier molecular flexibility index (Phi) is 3.69. The molecule has 0 bridgehead atoms. The van der Waals surface area contributed by atoms with E-state index in [1.165, 1.54) is 6.07 Å². The van der Waals surface area contributed by atoms with Gasteiger partial charge in [-0.1, -0.05) is 18.6 Å². The molecule has 1 aliphatic heterocycles. The van der Waals surface area contributed by atoms with Crippen LogP contribution >= 0.6 is 0 Å². The van der Waals surface area contributed by atoms with Gasteiger partial charge < -0.3 is 4.90 Å². The third-order valence-corrected chi connectivity index (χ3v) is 3.73. The van der Waals surface area contributed by atoms with Gasteiger partial charge in [0.2, 0.25) is 0 Å². The summed E-state index contributed by atoms with van der Waals surface area (Å²) < 4.78 is 13.8. The first-order valence-corrected chi connectivity index (χ1v) is 6.56. The fourth-order valence-electron chi connectivity index (χ4n) is 2.53. The van der Waals surface area contributed by atoms with E-state index in [-0.39, 0.29) is 17.5 Å². The Hall–Kier alpha value is -1.38. The van der Waals surface area contributed by atoms with Crippen molar-refractivity contribution in [1.82, 2.24) is 4.90 Å². The lowest BCUT2D eigenvalue weighted by atomic mass is 9.94. The van der Waals surface area contributed by atoms with Gasteiger partial charge in [0.25, 0.3) is 5.91 Å². The summed E-state index contributed by atoms with van der Waals surface area (Å²) in [5, 5.41) is 0. The summed E-state index contributed by atoms with van der Waals surface area (Å²) in [6.45, 7) is 6.78. The van der Waals surface area contributed by atoms with E-state index >= 15 is 0 Å². The number of hydrogen-bond acceptors (Lipinski definition) is 1. The molecule has 1 fully saturated rings. The lowest BCUT2D eigenvalue weighted by Crippen LogP contribution is -2.45. The Balaban J connectivity index is 2.27. The molecule has 1 aromatic rings. The highest BCUT2D eigenvalue weighted by atomic mass is 19.1. The summed E-state index contributed by atoms with van der Waals surface area (Å²) in [7, 11) is 0. The highest BCUT2D eigenvalue weighted by Crippen LogP contribution is 2.24. The van der Waals surface area contributed by atoms with Crippen molar-refractivity contribution in [2.45, 2.75) is 39.7 Å². The van der Waals surface area contributed by atoms with Crippen LogP contribution in [0, 0.1) is 18.7 Å². The Morgan fingerprint density at radius 3 is 2.78 bits per heavy atom. The van der Waals surface area contributed by atoms with Crippen molar-refractivity contribution in [3.8, 4) is 0 Å². The second-order valence-corrected chi connectivity index (χ2v) is 5.47. The molecule has 0 saturated carbocycles. The number of likely N-dealkylation sites (tertiary alicyclic amines) is 1. The molecule has 2 rings (SSSR count). The fraction of sp³-hybridized carbons (Fsp3) is 0.533. The highest BCUT2D eigenvalue weighted by molar-refractivity contribution is 5.95. The van der Waals surface area contributed by atoms with Crippen LogP contribution in [-0.2, 0) is 0 Å². The standard InChI is InChI=1S/C15H20FNO/c1-10-5-7-14(16)13(8-10)15(18)17-9-11(2)4-6-12(17)3/h5,7-8,11-12H,4,6,9H2,1-3H3. The first kappa shape index (κ1) is 13.1. The molecule has 1 heterocycles. The lowest BCUT2D eigenvalue weighted by molar-refractivity contribution is 0.0569. The molecule has 98 valence electrons. The molecular formula is C15H20FNO. The number of halogens is 1. The largest absolute Gasteiger partial charge is 0.336 e. The molecule has 2 atom stereocenters. The highest BCUT2D eigenvalue weighted by Gasteiger charge is 2.28. The van der Waals surface area contributed by atoms with Gasteiger partial charge in [-0.05, 0) is 44.7 Å². The summed E-state index contributed by atoms with van der Waals surface area (Å²) in [5.74, 6) is -0.0932. The van der Waals surface area contributed by atoms with Gasteiger partial charge in [0.15, 0.2) is 0 Å². The van der Waals surface area contributed by atoms with E-state index in [2.05, 4.69) is 6.92 Å². The van der Waals surface area contributed by atoms with Gasteiger partial charge in [-0.2, -0.15) is 0 Å². The number of amides is 1. The summed E-state index contributed by atoms with van der Waals surface area (Å²) in [5.41, 5.74) is 1.12. The summed E-state index contributed by atoms with van der Waals surface area (Å²) >= 11 is 0. The van der Waals surface area contributed by atoms with Gasteiger partial charge >= 0.3 is 0 Å². The van der Waals surface area contributed by atoms with E-state index in [1.54, 1.807) is 12.1 Å². The van der Waals surface area contributed by atoms with Crippen LogP contribution in [0.25, 0.3) is 0 Å². The van der Waals surface area contributed by atoms with Gasteiger partial charge in [0, 0.05) is 12.6 Å². The zero-order valence-corrected chi connectivity index (χ0v) is 11.2. The summed E-state index contributed by atoms with van der Waals surface area (Å²) in [4.78, 5) is 14.2. The molecule has 0 spiro atoms. The molecule has 1 saturated heterocycles. The molecule has 0 radical (unpaired) electrons. The van der Waals surface area contributed by atoms with Crippen LogP contribution in [0.5, 0.6) is 0 Å². The lowest BCUT2D eigenvalue weighted by Gasteiger charge is -2.37. The molecule has 0 N–H and O–H groups in total. The van der Waals surface area contributed by atoms with E-state index in [0.29, 0.717) is 5.92 Å². The summed E-state index contributed by atoms with van der Waals surface area (Å²) in [6, 6.07) is 4.91. The van der Waals surface area contributed by atoms with Gasteiger partial charge in [0.1, 0.15) is 5.82 Å². The first-order valence-electron chi connectivity index (χ1n) is 6.56. The molecular weight excluding hydrogens is 229 g/mol. The van der Waals surface area contributed by atoms with Crippen molar-refractivity contribution < 1.29 is 9.18 Å². The van der Waals surface area contributed by atoms with Crippen molar-refractivity contribution in [2.24, 2.45) is 5.92 Å². The Labute approximate surface area is 108 Å². The van der Waals surface area contributed by atoms with Crippen LogP contribution < -0.4 is 0 Å². The normalized spacial score (nSPS) is 24.1. The van der Waals surface area contributed by atoms with Crippen molar-refractivity contribution >= 4 is 5.91 Å². The molecule has 1 aromatic carbocycles. The monoisotopic (exact) mass is 249 g/mol. The molecule has 2 nitrogen and oxygen atoms in total. The van der Waals surface area contributed by atoms with E-state index in [0.717, 1.165) is 24.9 Å². The second kappa shape index (κ2) is 5.09. The van der Waals surface area contributed by atoms with Crippen LogP contribution in [0.4, 0.5) is 4.39 Å². The average molecular weight is 249 g/mol. The van der Waals surface area contributed by atoms with Crippen LogP contribution in [0.15, 0.2) is 18.2 Å². The number of hydrogen-bond donors (Lipinski definition) is 0. The third-order valence-electron chi connectivity index (χ3n) is 3.73. The maximum Gasteiger partial charge on any atom is 0.257 e. The number of carbonyl (C=O) groups excluding carboxylic acids is 1. The maximum absolute atomic E-state index is 13.8. The van der Waals surface area contributed by atoms with Crippen molar-refractivity contribution in [2.75, 3.05) is 6.54 Å². The Morgan fingerprint density at radius 2 is 2.06 bits per heavy atom. The van der Waals surface area contributed by atoms with Crippen LogP contribution in [0.2, 0.25) is 0 Å². The number of piperidine rings is 1. The number of aryl methyl sites for hydroxylation is 1. The fourth-order valence-corrected chi connectivity index (χ4v) is 2.53. The number of benzene rings is 1. The molecule has 1 aliphatic rings. The van der Waals surface area contributed by atoms with Crippen LogP contribution in [-0.4, -0.2) is 23.4 Å². The second-order valence-electron chi connectivity index (χ2n) is 5.47. The minimum Gasteiger partial charge on any atom is -0.336 e. The number of carbonyl (C=O) groups is 1. The average Bonchev–Trinajstić information content (AvgIpc) is 2.34. The topological polar surface area (TPSA) is 20.3 Å². The van der Waals surface area contributed by atoms with Crippen molar-refractivity contribution in [1.29, 1.82) is 0 Å². The third kappa shape index (κ3) is 2.55. The SMILES string of the molecule is Cc1ccc(F)c(C(=O)N2CC(C)CCC2C)c1. The molecule has 18 heavy (non-hydrogen) atoms. The Bertz CT molecular complexity index is 458. The minimum absolute atomic E-state index is 0.171. The quantitative estimate of drug-likeness (QED) is 0.747. The van der Waals surface area contributed by atoms with Crippen molar-refractivity contribution in [3.05, 3.63) is 35.1 Å². The van der Waals surface area contributed by atoms with Crippen LogP contribution in [0.1, 0.15) is 42.6 Å². The Morgan fingerprint density at radius 1 is 1.33 bits per heavy atom. The van der Waals surface area contributed by atoms with E-state index in [1.807, 2.05) is 18.7 Å². The molecule has 0 aromatic heterocycles. The van der Waals surface area contributed by atoms with Crippen LogP contribution in [0.3, 0.4) is 0 Å². The molecule has 3 heteroatoms. The van der Waals surface area contributed by atoms with Gasteiger partial charge in [-0.25, -0.2) is 4.39 Å². The van der Waals surface area contributed by atoms with Gasteiger partial charge in [-0.3, -0.25) is 4.79 Å². The zero-order valence-electron chi connectivity index (χ0n) is 11.2.